The molecule has 114 valence electrons. The lowest BCUT2D eigenvalue weighted by Crippen LogP contribution is -1.86. The van der Waals surface area contributed by atoms with Gasteiger partial charge in [-0.2, -0.15) is 0 Å². The van der Waals surface area contributed by atoms with E-state index in [1.165, 1.54) is 53.5 Å². The van der Waals surface area contributed by atoms with Crippen molar-refractivity contribution < 1.29 is 0 Å². The molecule has 0 amide bonds. The third kappa shape index (κ3) is 3.56. The van der Waals surface area contributed by atoms with Crippen LogP contribution in [0.25, 0.3) is 20.8 Å². The first-order chi connectivity index (χ1) is 10.8. The van der Waals surface area contributed by atoms with Crippen molar-refractivity contribution in [3.63, 3.8) is 0 Å². The first-order valence-corrected chi connectivity index (χ1v) is 9.04. The Morgan fingerprint density at radius 2 is 1.77 bits per heavy atom. The molecule has 0 radical (unpaired) electrons. The van der Waals surface area contributed by atoms with Gasteiger partial charge in [0.2, 0.25) is 0 Å². The van der Waals surface area contributed by atoms with E-state index < -0.39 is 0 Å². The summed E-state index contributed by atoms with van der Waals surface area (Å²) in [6, 6.07) is 15.4. The number of hydrogen-bond acceptors (Lipinski definition) is 2. The molecule has 1 heterocycles. The molecule has 1 nitrogen and oxygen atoms in total. The van der Waals surface area contributed by atoms with Gasteiger partial charge in [-0.25, -0.2) is 4.98 Å². The van der Waals surface area contributed by atoms with Gasteiger partial charge in [0.25, 0.3) is 0 Å². The van der Waals surface area contributed by atoms with Gasteiger partial charge in [-0.1, -0.05) is 56.5 Å². The van der Waals surface area contributed by atoms with E-state index in [-0.39, 0.29) is 0 Å². The Morgan fingerprint density at radius 1 is 0.955 bits per heavy atom. The van der Waals surface area contributed by atoms with Crippen LogP contribution in [0.3, 0.4) is 0 Å². The van der Waals surface area contributed by atoms with Gasteiger partial charge in [0.05, 0.1) is 10.2 Å². The number of benzene rings is 2. The fourth-order valence-electron chi connectivity index (χ4n) is 2.73. The molecule has 0 aliphatic carbocycles. The molecule has 0 spiro atoms. The van der Waals surface area contributed by atoms with E-state index >= 15 is 0 Å². The smallest absolute Gasteiger partial charge is 0.124 e. The Kier molecular flexibility index (Phi) is 4.89. The fourth-order valence-corrected chi connectivity index (χ4v) is 3.79. The summed E-state index contributed by atoms with van der Waals surface area (Å²) >= 11 is 1.78. The lowest BCUT2D eigenvalue weighted by Gasteiger charge is -2.02. The molecular weight excluding hydrogens is 286 g/mol. The Labute approximate surface area is 137 Å². The van der Waals surface area contributed by atoms with Crippen LogP contribution >= 0.6 is 11.3 Å². The van der Waals surface area contributed by atoms with E-state index in [1.807, 2.05) is 0 Å². The molecule has 3 rings (SSSR count). The highest BCUT2D eigenvalue weighted by Crippen LogP contribution is 2.30. The number of aromatic nitrogens is 1. The van der Waals surface area contributed by atoms with Gasteiger partial charge in [-0.05, 0) is 43.0 Å². The molecule has 2 aromatic carbocycles. The summed E-state index contributed by atoms with van der Waals surface area (Å²) in [5.74, 6) is 0. The minimum Gasteiger partial charge on any atom is -0.236 e. The van der Waals surface area contributed by atoms with Crippen LogP contribution in [0, 0.1) is 6.92 Å². The Bertz CT molecular complexity index is 740. The van der Waals surface area contributed by atoms with Gasteiger partial charge in [-0.15, -0.1) is 11.3 Å². The quantitative estimate of drug-likeness (QED) is 0.480. The second-order valence-electron chi connectivity index (χ2n) is 6.00. The van der Waals surface area contributed by atoms with Crippen molar-refractivity contribution in [3.05, 3.63) is 53.6 Å². The van der Waals surface area contributed by atoms with E-state index in [4.69, 9.17) is 4.98 Å². The maximum absolute atomic E-state index is 4.76. The van der Waals surface area contributed by atoms with Gasteiger partial charge < -0.3 is 0 Å². The van der Waals surface area contributed by atoms with E-state index in [0.29, 0.717) is 0 Å². The number of fused-ring (bicyclic) bond motifs is 1. The van der Waals surface area contributed by atoms with Crippen LogP contribution in [0.2, 0.25) is 0 Å². The zero-order valence-corrected chi connectivity index (χ0v) is 14.2. The second kappa shape index (κ2) is 7.06. The SMILES string of the molecule is CCCCCCc1ccc(-c2nc3ccc(C)cc3s2)cc1. The first-order valence-electron chi connectivity index (χ1n) is 8.23. The summed E-state index contributed by atoms with van der Waals surface area (Å²) in [5.41, 5.74) is 5.08. The summed E-state index contributed by atoms with van der Waals surface area (Å²) in [7, 11) is 0. The van der Waals surface area contributed by atoms with Crippen molar-refractivity contribution in [2.75, 3.05) is 0 Å². The number of nitrogens with zero attached hydrogens (tertiary/aromatic N) is 1. The van der Waals surface area contributed by atoms with Crippen LogP contribution in [0.4, 0.5) is 0 Å². The zero-order chi connectivity index (χ0) is 15.4. The highest BCUT2D eigenvalue weighted by atomic mass is 32.1. The molecule has 0 N–H and O–H groups in total. The van der Waals surface area contributed by atoms with E-state index in [0.717, 1.165) is 10.5 Å². The molecule has 0 fully saturated rings. The first kappa shape index (κ1) is 15.2. The van der Waals surface area contributed by atoms with E-state index in [2.05, 4.69) is 56.3 Å². The van der Waals surface area contributed by atoms with Crippen LogP contribution in [0.1, 0.15) is 43.7 Å². The molecule has 1 aromatic heterocycles. The van der Waals surface area contributed by atoms with Crippen LogP contribution in [-0.4, -0.2) is 4.98 Å². The average Bonchev–Trinajstić information content (AvgIpc) is 2.95. The minimum absolute atomic E-state index is 1.11. The molecule has 3 aromatic rings. The van der Waals surface area contributed by atoms with E-state index in [1.54, 1.807) is 11.3 Å². The number of aryl methyl sites for hydroxylation is 2. The summed E-state index contributed by atoms with van der Waals surface area (Å²) in [6.07, 6.45) is 6.49. The summed E-state index contributed by atoms with van der Waals surface area (Å²) in [5, 5.41) is 1.12. The van der Waals surface area contributed by atoms with Crippen LogP contribution in [0.15, 0.2) is 42.5 Å². The maximum Gasteiger partial charge on any atom is 0.124 e. The van der Waals surface area contributed by atoms with E-state index in [9.17, 15) is 0 Å². The van der Waals surface area contributed by atoms with Gasteiger partial charge in [0, 0.05) is 5.56 Å². The Balaban J connectivity index is 1.73. The standard InChI is InChI=1S/C20H23NS/c1-3-4-5-6-7-16-9-11-17(12-10-16)20-21-18-13-8-15(2)14-19(18)22-20/h8-14H,3-7H2,1-2H3. The molecule has 2 heteroatoms. The number of hydrogen-bond donors (Lipinski definition) is 0. The second-order valence-corrected chi connectivity index (χ2v) is 7.03. The summed E-state index contributed by atoms with van der Waals surface area (Å²) in [6.45, 7) is 4.39. The lowest BCUT2D eigenvalue weighted by molar-refractivity contribution is 0.667. The topological polar surface area (TPSA) is 12.9 Å². The normalized spacial score (nSPS) is 11.2. The highest BCUT2D eigenvalue weighted by molar-refractivity contribution is 7.21. The molecule has 0 aliphatic rings. The predicted molar refractivity (Wildman–Crippen MR) is 97.6 cm³/mol. The van der Waals surface area contributed by atoms with Gasteiger partial charge in [0.15, 0.2) is 0 Å². The number of thiazole rings is 1. The summed E-state index contributed by atoms with van der Waals surface area (Å²) < 4.78 is 1.28. The molecular formula is C20H23NS. The van der Waals surface area contributed by atoms with Crippen LogP contribution in [-0.2, 0) is 6.42 Å². The zero-order valence-electron chi connectivity index (χ0n) is 13.4. The molecule has 0 aliphatic heterocycles. The van der Waals surface area contributed by atoms with Crippen molar-refractivity contribution in [2.24, 2.45) is 0 Å². The Morgan fingerprint density at radius 3 is 2.55 bits per heavy atom. The Hall–Kier alpha value is -1.67. The third-order valence-electron chi connectivity index (χ3n) is 4.06. The monoisotopic (exact) mass is 309 g/mol. The van der Waals surface area contributed by atoms with Crippen LogP contribution < -0.4 is 0 Å². The highest BCUT2D eigenvalue weighted by Gasteiger charge is 2.06. The fraction of sp³-hybridized carbons (Fsp3) is 0.350. The molecule has 0 saturated carbocycles. The van der Waals surface area contributed by atoms with Crippen LogP contribution in [0.5, 0.6) is 0 Å². The average molecular weight is 309 g/mol. The number of rotatable bonds is 6. The largest absolute Gasteiger partial charge is 0.236 e. The lowest BCUT2D eigenvalue weighted by atomic mass is 10.0. The van der Waals surface area contributed by atoms with Gasteiger partial charge >= 0.3 is 0 Å². The predicted octanol–water partition coefficient (Wildman–Crippen LogP) is 6.39. The molecule has 0 saturated heterocycles. The van der Waals surface area contributed by atoms with Crippen molar-refractivity contribution in [1.29, 1.82) is 0 Å². The van der Waals surface area contributed by atoms with Gasteiger partial charge in [-0.3, -0.25) is 0 Å². The van der Waals surface area contributed by atoms with Gasteiger partial charge in [0.1, 0.15) is 5.01 Å². The van der Waals surface area contributed by atoms with Crippen molar-refractivity contribution in [1.82, 2.24) is 4.98 Å². The number of unbranched alkanes of at least 4 members (excludes halogenated alkanes) is 3. The maximum atomic E-state index is 4.76. The molecule has 0 bridgehead atoms. The van der Waals surface area contributed by atoms with Crippen molar-refractivity contribution >= 4 is 21.6 Å². The third-order valence-corrected chi connectivity index (χ3v) is 5.13. The van der Waals surface area contributed by atoms with Crippen molar-refractivity contribution in [2.45, 2.75) is 46.0 Å². The minimum atomic E-state index is 1.11. The van der Waals surface area contributed by atoms with Crippen molar-refractivity contribution in [3.8, 4) is 10.6 Å². The molecule has 0 unspecified atom stereocenters. The molecule has 22 heavy (non-hydrogen) atoms. The molecule has 0 atom stereocenters. The summed E-state index contributed by atoms with van der Waals surface area (Å²) in [4.78, 5) is 4.76.